The second kappa shape index (κ2) is 5.77. The molecule has 0 aliphatic rings. The Balaban J connectivity index is 3.81. The molecule has 0 aromatic heterocycles. The first kappa shape index (κ1) is 11.2. The number of carbonyl (C=O) groups excluding carboxylic acids is 1. The fraction of sp³-hybridized carbons (Fsp3) is 0.667. The molecule has 0 saturated carbocycles. The van der Waals surface area contributed by atoms with Gasteiger partial charge in [-0.05, 0) is 20.8 Å². The van der Waals surface area contributed by atoms with Crippen molar-refractivity contribution in [3.63, 3.8) is 0 Å². The molecule has 12 heavy (non-hydrogen) atoms. The van der Waals surface area contributed by atoms with E-state index < -0.39 is 0 Å². The van der Waals surface area contributed by atoms with Gasteiger partial charge in [-0.25, -0.2) is 4.79 Å². The number of esters is 1. The minimum Gasteiger partial charge on any atom is -0.460 e. The Labute approximate surface area is 73.4 Å². The Kier molecular flexibility index (Phi) is 5.37. The largest absolute Gasteiger partial charge is 0.460 e. The van der Waals surface area contributed by atoms with Crippen molar-refractivity contribution in [3.05, 3.63) is 11.1 Å². The summed E-state index contributed by atoms with van der Waals surface area (Å²) in [4.78, 5) is 11.1. The predicted octanol–water partition coefficient (Wildman–Crippen LogP) is 1.53. The van der Waals surface area contributed by atoms with Crippen molar-refractivity contribution >= 4 is 5.97 Å². The number of ether oxygens (including phenoxy) is 2. The zero-order chi connectivity index (χ0) is 9.56. The molecule has 0 aliphatic heterocycles. The van der Waals surface area contributed by atoms with Crippen molar-refractivity contribution in [2.75, 3.05) is 20.3 Å². The summed E-state index contributed by atoms with van der Waals surface area (Å²) < 4.78 is 9.62. The van der Waals surface area contributed by atoms with Gasteiger partial charge in [-0.1, -0.05) is 5.57 Å². The number of carbonyl (C=O) groups is 1. The van der Waals surface area contributed by atoms with E-state index in [0.29, 0.717) is 18.8 Å². The first-order valence-corrected chi connectivity index (χ1v) is 3.89. The van der Waals surface area contributed by atoms with E-state index in [1.807, 2.05) is 13.8 Å². The lowest BCUT2D eigenvalue weighted by Gasteiger charge is -2.04. The summed E-state index contributed by atoms with van der Waals surface area (Å²) in [6, 6.07) is 0. The normalized spacial score (nSPS) is 9.33. The molecule has 0 bridgehead atoms. The maximum atomic E-state index is 11.1. The van der Waals surface area contributed by atoms with Crippen molar-refractivity contribution < 1.29 is 14.3 Å². The molecule has 0 fully saturated rings. The van der Waals surface area contributed by atoms with Crippen LogP contribution in [0.2, 0.25) is 0 Å². The van der Waals surface area contributed by atoms with Crippen LogP contribution in [0.1, 0.15) is 20.8 Å². The van der Waals surface area contributed by atoms with Crippen LogP contribution in [-0.2, 0) is 14.3 Å². The summed E-state index contributed by atoms with van der Waals surface area (Å²) in [7, 11) is 1.57. The van der Waals surface area contributed by atoms with Gasteiger partial charge in [0.05, 0.1) is 6.61 Å². The van der Waals surface area contributed by atoms with E-state index in [2.05, 4.69) is 0 Å². The van der Waals surface area contributed by atoms with E-state index in [1.165, 1.54) is 0 Å². The van der Waals surface area contributed by atoms with Crippen molar-refractivity contribution in [1.82, 2.24) is 0 Å². The highest BCUT2D eigenvalue weighted by Crippen LogP contribution is 2.03. The highest BCUT2D eigenvalue weighted by Gasteiger charge is 2.05. The number of rotatable bonds is 4. The second-order valence-corrected chi connectivity index (χ2v) is 2.75. The molecule has 0 aliphatic carbocycles. The molecule has 3 nitrogen and oxygen atoms in total. The average molecular weight is 172 g/mol. The maximum Gasteiger partial charge on any atom is 0.333 e. The van der Waals surface area contributed by atoms with Gasteiger partial charge in [0, 0.05) is 12.7 Å². The van der Waals surface area contributed by atoms with E-state index in [1.54, 1.807) is 14.0 Å². The van der Waals surface area contributed by atoms with E-state index in [9.17, 15) is 4.79 Å². The predicted molar refractivity (Wildman–Crippen MR) is 46.9 cm³/mol. The highest BCUT2D eigenvalue weighted by molar-refractivity contribution is 5.88. The molecule has 0 N–H and O–H groups in total. The van der Waals surface area contributed by atoms with Crippen LogP contribution < -0.4 is 0 Å². The van der Waals surface area contributed by atoms with Gasteiger partial charge in [0.1, 0.15) is 6.61 Å². The van der Waals surface area contributed by atoms with Gasteiger partial charge in [0.15, 0.2) is 0 Å². The van der Waals surface area contributed by atoms with Crippen LogP contribution in [0.15, 0.2) is 11.1 Å². The van der Waals surface area contributed by atoms with Gasteiger partial charge in [0.2, 0.25) is 0 Å². The molecule has 0 aromatic rings. The number of hydrogen-bond donors (Lipinski definition) is 0. The first-order valence-electron chi connectivity index (χ1n) is 3.89. The molecule has 0 spiro atoms. The average Bonchev–Trinajstić information content (AvgIpc) is 2.03. The summed E-state index contributed by atoms with van der Waals surface area (Å²) in [5, 5.41) is 0. The molecule has 0 heterocycles. The summed E-state index contributed by atoms with van der Waals surface area (Å²) in [6.07, 6.45) is 0. The van der Waals surface area contributed by atoms with Gasteiger partial charge >= 0.3 is 5.97 Å². The summed E-state index contributed by atoms with van der Waals surface area (Å²) in [5.74, 6) is -0.257. The lowest BCUT2D eigenvalue weighted by atomic mass is 10.2. The van der Waals surface area contributed by atoms with E-state index in [4.69, 9.17) is 9.47 Å². The van der Waals surface area contributed by atoms with Crippen LogP contribution in [0.5, 0.6) is 0 Å². The molecule has 0 atom stereocenters. The van der Waals surface area contributed by atoms with Crippen molar-refractivity contribution in [1.29, 1.82) is 0 Å². The van der Waals surface area contributed by atoms with Crippen molar-refractivity contribution in [3.8, 4) is 0 Å². The molecule has 0 amide bonds. The molecule has 0 aromatic carbocycles. The Hall–Kier alpha value is -0.830. The fourth-order valence-electron chi connectivity index (χ4n) is 0.530. The Morgan fingerprint density at radius 3 is 2.17 bits per heavy atom. The molecular formula is C9H16O3. The summed E-state index contributed by atoms with van der Waals surface area (Å²) in [6.45, 7) is 6.28. The highest BCUT2D eigenvalue weighted by atomic mass is 16.6. The number of hydrogen-bond acceptors (Lipinski definition) is 3. The van der Waals surface area contributed by atoms with E-state index in [-0.39, 0.29) is 5.97 Å². The third-order valence-electron chi connectivity index (χ3n) is 1.58. The van der Waals surface area contributed by atoms with Gasteiger partial charge in [0.25, 0.3) is 0 Å². The molecule has 3 heteroatoms. The molecule has 0 radical (unpaired) electrons. The third-order valence-corrected chi connectivity index (χ3v) is 1.58. The quantitative estimate of drug-likeness (QED) is 0.366. The standard InChI is InChI=1S/C9H16O3/c1-7(2)8(3)9(10)12-6-5-11-4/h5-6H2,1-4H3. The lowest BCUT2D eigenvalue weighted by Crippen LogP contribution is -2.11. The van der Waals surface area contributed by atoms with E-state index >= 15 is 0 Å². The van der Waals surface area contributed by atoms with Crippen LogP contribution in [0, 0.1) is 0 Å². The molecule has 0 saturated heterocycles. The van der Waals surface area contributed by atoms with Gasteiger partial charge in [-0.2, -0.15) is 0 Å². The lowest BCUT2D eigenvalue weighted by molar-refractivity contribution is -0.140. The topological polar surface area (TPSA) is 35.5 Å². The molecule has 0 rings (SSSR count). The summed E-state index contributed by atoms with van der Waals surface area (Å²) >= 11 is 0. The van der Waals surface area contributed by atoms with Crippen LogP contribution >= 0.6 is 0 Å². The number of methoxy groups -OCH3 is 1. The van der Waals surface area contributed by atoms with Gasteiger partial charge in [-0.15, -0.1) is 0 Å². The number of allylic oxidation sites excluding steroid dienone is 1. The van der Waals surface area contributed by atoms with Crippen molar-refractivity contribution in [2.45, 2.75) is 20.8 Å². The van der Waals surface area contributed by atoms with Crippen molar-refractivity contribution in [2.24, 2.45) is 0 Å². The van der Waals surface area contributed by atoms with Gasteiger partial charge in [-0.3, -0.25) is 0 Å². The Morgan fingerprint density at radius 2 is 1.75 bits per heavy atom. The first-order chi connectivity index (χ1) is 5.59. The Morgan fingerprint density at radius 1 is 1.17 bits per heavy atom. The third kappa shape index (κ3) is 4.13. The zero-order valence-corrected chi connectivity index (χ0v) is 8.14. The SMILES string of the molecule is COCCOC(=O)C(C)=C(C)C. The minimum atomic E-state index is -0.257. The van der Waals surface area contributed by atoms with Crippen LogP contribution in [0.25, 0.3) is 0 Å². The van der Waals surface area contributed by atoms with Crippen LogP contribution in [0.4, 0.5) is 0 Å². The maximum absolute atomic E-state index is 11.1. The zero-order valence-electron chi connectivity index (χ0n) is 8.14. The van der Waals surface area contributed by atoms with Crippen LogP contribution in [0.3, 0.4) is 0 Å². The molecular weight excluding hydrogens is 156 g/mol. The van der Waals surface area contributed by atoms with Crippen LogP contribution in [-0.4, -0.2) is 26.3 Å². The van der Waals surface area contributed by atoms with Gasteiger partial charge < -0.3 is 9.47 Å². The Bertz CT molecular complexity index is 178. The minimum absolute atomic E-state index is 0.257. The molecule has 0 unspecified atom stereocenters. The second-order valence-electron chi connectivity index (χ2n) is 2.75. The summed E-state index contributed by atoms with van der Waals surface area (Å²) in [5.41, 5.74) is 1.66. The smallest absolute Gasteiger partial charge is 0.333 e. The monoisotopic (exact) mass is 172 g/mol. The molecule has 70 valence electrons. The van der Waals surface area contributed by atoms with E-state index in [0.717, 1.165) is 5.57 Å². The fourth-order valence-corrected chi connectivity index (χ4v) is 0.530.